The van der Waals surface area contributed by atoms with Crippen LogP contribution in [0, 0.1) is 18.6 Å². The predicted molar refractivity (Wildman–Crippen MR) is 101 cm³/mol. The quantitative estimate of drug-likeness (QED) is 0.604. The summed E-state index contributed by atoms with van der Waals surface area (Å²) < 4.78 is 57.3. The third-order valence-electron chi connectivity index (χ3n) is 5.01. The molecule has 0 spiro atoms. The number of esters is 1. The lowest BCUT2D eigenvalue weighted by molar-refractivity contribution is 0.0603. The van der Waals surface area contributed by atoms with Gasteiger partial charge < -0.3 is 4.74 Å². The van der Waals surface area contributed by atoms with Crippen molar-refractivity contribution in [3.05, 3.63) is 47.2 Å². The molecule has 10 heteroatoms. The first kappa shape index (κ1) is 19.4. The number of rotatable bonds is 3. The van der Waals surface area contributed by atoms with Gasteiger partial charge in [-0.25, -0.2) is 31.7 Å². The Morgan fingerprint density at radius 3 is 2.62 bits per heavy atom. The van der Waals surface area contributed by atoms with Gasteiger partial charge in [-0.3, -0.25) is 0 Å². The number of hydrogen-bond acceptors (Lipinski definition) is 6. The Bertz CT molecular complexity index is 1250. The van der Waals surface area contributed by atoms with E-state index in [1.54, 1.807) is 6.92 Å². The summed E-state index contributed by atoms with van der Waals surface area (Å²) in [5.41, 5.74) is 1.45. The van der Waals surface area contributed by atoms with Crippen molar-refractivity contribution in [2.45, 2.75) is 19.4 Å². The molecular formula is C19H17F2N3O4S. The van der Waals surface area contributed by atoms with E-state index in [0.717, 1.165) is 12.1 Å². The van der Waals surface area contributed by atoms with Gasteiger partial charge >= 0.3 is 5.97 Å². The molecule has 29 heavy (non-hydrogen) atoms. The van der Waals surface area contributed by atoms with Crippen LogP contribution in [0.2, 0.25) is 0 Å². The molecule has 3 aromatic rings. The molecule has 7 nitrogen and oxygen atoms in total. The Hall–Kier alpha value is -2.88. The number of sulfone groups is 1. The molecule has 0 unspecified atom stereocenters. The number of carbonyl (C=O) groups is 1. The summed E-state index contributed by atoms with van der Waals surface area (Å²) in [6, 6.07) is 4.32. The zero-order valence-corrected chi connectivity index (χ0v) is 16.5. The maximum atomic E-state index is 13.7. The molecule has 2 aromatic heterocycles. The second-order valence-corrected chi connectivity index (χ2v) is 9.19. The van der Waals surface area contributed by atoms with Crippen LogP contribution in [0.3, 0.4) is 0 Å². The number of fused-ring (bicyclic) bond motifs is 1. The van der Waals surface area contributed by atoms with Crippen molar-refractivity contribution in [1.82, 2.24) is 14.8 Å². The van der Waals surface area contributed by atoms with E-state index in [9.17, 15) is 22.0 Å². The van der Waals surface area contributed by atoms with Gasteiger partial charge in [-0.1, -0.05) is 0 Å². The third kappa shape index (κ3) is 3.37. The molecule has 0 aliphatic carbocycles. The molecule has 3 heterocycles. The van der Waals surface area contributed by atoms with E-state index in [-0.39, 0.29) is 28.3 Å². The van der Waals surface area contributed by atoms with Crippen LogP contribution in [0.4, 0.5) is 8.78 Å². The van der Waals surface area contributed by atoms with Gasteiger partial charge in [-0.05, 0) is 37.6 Å². The molecule has 0 amide bonds. The lowest BCUT2D eigenvalue weighted by Crippen LogP contribution is -2.13. The van der Waals surface area contributed by atoms with E-state index in [4.69, 9.17) is 4.74 Å². The van der Waals surface area contributed by atoms with Crippen LogP contribution in [-0.4, -0.2) is 47.8 Å². The first-order chi connectivity index (χ1) is 13.7. The van der Waals surface area contributed by atoms with Crippen molar-refractivity contribution in [1.29, 1.82) is 0 Å². The number of hydrogen-bond donors (Lipinski definition) is 0. The molecule has 0 bridgehead atoms. The average molecular weight is 421 g/mol. The van der Waals surface area contributed by atoms with Crippen molar-refractivity contribution < 1.29 is 26.7 Å². The van der Waals surface area contributed by atoms with Gasteiger partial charge in [0.1, 0.15) is 0 Å². The number of aryl methyl sites for hydroxylation is 1. The van der Waals surface area contributed by atoms with Crippen molar-refractivity contribution >= 4 is 26.8 Å². The number of carbonyl (C=O) groups excluding carboxylic acids is 1. The lowest BCUT2D eigenvalue weighted by Gasteiger charge is -2.11. The highest BCUT2D eigenvalue weighted by atomic mass is 32.2. The first-order valence-corrected chi connectivity index (χ1v) is 10.7. The van der Waals surface area contributed by atoms with Crippen molar-refractivity contribution in [3.8, 4) is 11.3 Å². The van der Waals surface area contributed by atoms with E-state index in [1.807, 2.05) is 0 Å². The fraction of sp³-hybridized carbons (Fsp3) is 0.316. The molecule has 1 aliphatic heterocycles. The minimum Gasteiger partial charge on any atom is -0.465 e. The predicted octanol–water partition coefficient (Wildman–Crippen LogP) is 2.83. The minimum absolute atomic E-state index is 0.0464. The molecule has 1 saturated heterocycles. The van der Waals surface area contributed by atoms with Gasteiger partial charge in [-0.15, -0.1) is 0 Å². The standard InChI is InChI=1S/C19H17F2N3O4S/c1-10-17-13(19(25)28-2)8-16(11-3-4-14(20)15(21)7-11)22-18(17)24(23-10)12-5-6-29(26,27)9-12/h3-4,7-8,12H,5-6,9H2,1-2H3/t12-/m1/s1. The number of halogens is 2. The van der Waals surface area contributed by atoms with E-state index >= 15 is 0 Å². The molecule has 1 atom stereocenters. The SMILES string of the molecule is COC(=O)c1cc(-c2ccc(F)c(F)c2)nc2c1c(C)nn2[C@@H]1CCS(=O)(=O)C1. The van der Waals surface area contributed by atoms with Crippen LogP contribution >= 0.6 is 0 Å². The number of nitrogens with zero attached hydrogens (tertiary/aromatic N) is 3. The van der Waals surface area contributed by atoms with Gasteiger partial charge in [0.2, 0.25) is 0 Å². The van der Waals surface area contributed by atoms with Crippen LogP contribution < -0.4 is 0 Å². The van der Waals surface area contributed by atoms with Crippen LogP contribution in [0.25, 0.3) is 22.3 Å². The summed E-state index contributed by atoms with van der Waals surface area (Å²) in [5.74, 6) is -2.71. The smallest absolute Gasteiger partial charge is 0.338 e. The Balaban J connectivity index is 1.97. The van der Waals surface area contributed by atoms with Crippen molar-refractivity contribution in [2.24, 2.45) is 0 Å². The highest BCUT2D eigenvalue weighted by Gasteiger charge is 2.32. The first-order valence-electron chi connectivity index (χ1n) is 8.84. The summed E-state index contributed by atoms with van der Waals surface area (Å²) in [6.07, 6.45) is 0.378. The largest absolute Gasteiger partial charge is 0.465 e. The fourth-order valence-electron chi connectivity index (χ4n) is 3.61. The Kier molecular flexibility index (Phi) is 4.60. The highest BCUT2D eigenvalue weighted by Crippen LogP contribution is 2.32. The molecular weight excluding hydrogens is 404 g/mol. The van der Waals surface area contributed by atoms with Crippen LogP contribution in [0.15, 0.2) is 24.3 Å². The Morgan fingerprint density at radius 1 is 1.24 bits per heavy atom. The zero-order valence-electron chi connectivity index (χ0n) is 15.6. The Morgan fingerprint density at radius 2 is 2.00 bits per heavy atom. The van der Waals surface area contributed by atoms with Gasteiger partial charge in [0, 0.05) is 5.56 Å². The molecule has 0 saturated carbocycles. The number of pyridine rings is 1. The van der Waals surface area contributed by atoms with E-state index < -0.39 is 33.5 Å². The maximum Gasteiger partial charge on any atom is 0.338 e. The Labute approximate surface area is 165 Å². The van der Waals surface area contributed by atoms with E-state index in [2.05, 4.69) is 10.1 Å². The molecule has 0 radical (unpaired) electrons. The molecule has 152 valence electrons. The maximum absolute atomic E-state index is 13.7. The van der Waals surface area contributed by atoms with Gasteiger partial charge in [0.15, 0.2) is 27.1 Å². The molecule has 1 fully saturated rings. The van der Waals surface area contributed by atoms with Gasteiger partial charge in [0.05, 0.1) is 47.0 Å². The summed E-state index contributed by atoms with van der Waals surface area (Å²) in [6.45, 7) is 1.69. The monoisotopic (exact) mass is 421 g/mol. The molecule has 4 rings (SSSR count). The van der Waals surface area contributed by atoms with Crippen LogP contribution in [0.5, 0.6) is 0 Å². The zero-order chi connectivity index (χ0) is 20.9. The van der Waals surface area contributed by atoms with E-state index in [0.29, 0.717) is 23.1 Å². The molecule has 1 aromatic carbocycles. The highest BCUT2D eigenvalue weighted by molar-refractivity contribution is 7.91. The van der Waals surface area contributed by atoms with Crippen LogP contribution in [-0.2, 0) is 14.6 Å². The second kappa shape index (κ2) is 6.87. The number of ether oxygens (including phenoxy) is 1. The topological polar surface area (TPSA) is 91.2 Å². The average Bonchev–Trinajstić information content (AvgIpc) is 3.21. The van der Waals surface area contributed by atoms with E-state index in [1.165, 1.54) is 23.9 Å². The lowest BCUT2D eigenvalue weighted by atomic mass is 10.1. The summed E-state index contributed by atoms with van der Waals surface area (Å²) >= 11 is 0. The summed E-state index contributed by atoms with van der Waals surface area (Å²) in [4.78, 5) is 16.9. The normalized spacial score (nSPS) is 18.3. The summed E-state index contributed by atoms with van der Waals surface area (Å²) in [7, 11) is -1.95. The number of benzene rings is 1. The number of aromatic nitrogens is 3. The molecule has 0 N–H and O–H groups in total. The van der Waals surface area contributed by atoms with Crippen molar-refractivity contribution in [2.75, 3.05) is 18.6 Å². The number of methoxy groups -OCH3 is 1. The molecule has 1 aliphatic rings. The minimum atomic E-state index is -3.18. The van der Waals surface area contributed by atoms with Crippen molar-refractivity contribution in [3.63, 3.8) is 0 Å². The van der Waals surface area contributed by atoms with Crippen LogP contribution in [0.1, 0.15) is 28.5 Å². The second-order valence-electron chi connectivity index (χ2n) is 6.96. The van der Waals surface area contributed by atoms with Gasteiger partial charge in [0.25, 0.3) is 0 Å². The summed E-state index contributed by atoms with van der Waals surface area (Å²) in [5, 5.41) is 4.87. The fourth-order valence-corrected chi connectivity index (χ4v) is 5.30. The third-order valence-corrected chi connectivity index (χ3v) is 6.76. The van der Waals surface area contributed by atoms with Gasteiger partial charge in [-0.2, -0.15) is 5.10 Å².